The number of ether oxygens (including phenoxy) is 1. The molecule has 0 amide bonds. The average molecular weight is 416 g/mol. The third-order valence-corrected chi connectivity index (χ3v) is 3.32. The van der Waals surface area contributed by atoms with Crippen LogP contribution in [0.3, 0.4) is 0 Å². The highest BCUT2D eigenvalue weighted by Gasteiger charge is 2.31. The van der Waals surface area contributed by atoms with E-state index in [2.05, 4.69) is 19.9 Å². The van der Waals surface area contributed by atoms with Gasteiger partial charge in [-0.25, -0.2) is 4.99 Å². The fourth-order valence-electron chi connectivity index (χ4n) is 1.71. The Bertz CT molecular complexity index is 992. The van der Waals surface area contributed by atoms with Gasteiger partial charge in [-0.05, 0) is 0 Å². The molecule has 0 fully saturated rings. The molecule has 0 radical (unpaired) electrons. The van der Waals surface area contributed by atoms with Crippen LogP contribution in [0.2, 0.25) is 10.0 Å². The lowest BCUT2D eigenvalue weighted by atomic mass is 10.3. The van der Waals surface area contributed by atoms with Crippen molar-refractivity contribution in [3.63, 3.8) is 0 Å². The molecular formula is C14H6Cl2F3N7O. The van der Waals surface area contributed by atoms with Gasteiger partial charge < -0.3 is 10.5 Å². The van der Waals surface area contributed by atoms with Gasteiger partial charge in [0, 0.05) is 12.1 Å². The first kappa shape index (κ1) is 20.0. The minimum Gasteiger partial charge on any atom is -0.406 e. The molecular weight excluding hydrogens is 410 g/mol. The summed E-state index contributed by atoms with van der Waals surface area (Å²) in [6, 6.07) is 5.01. The summed E-state index contributed by atoms with van der Waals surface area (Å²) in [5.41, 5.74) is 4.73. The maximum atomic E-state index is 12.3. The van der Waals surface area contributed by atoms with Gasteiger partial charge in [-0.1, -0.05) is 23.2 Å². The molecule has 0 spiro atoms. The average Bonchev–Trinajstić information content (AvgIpc) is 3.01. The molecule has 0 atom stereocenters. The van der Waals surface area contributed by atoms with Crippen LogP contribution in [0.25, 0.3) is 5.69 Å². The van der Waals surface area contributed by atoms with E-state index in [1.54, 1.807) is 12.1 Å². The summed E-state index contributed by atoms with van der Waals surface area (Å²) in [5, 5.41) is 24.9. The van der Waals surface area contributed by atoms with Gasteiger partial charge in [0.2, 0.25) is 0 Å². The zero-order valence-electron chi connectivity index (χ0n) is 12.9. The Hall–Kier alpha value is -3.28. The summed E-state index contributed by atoms with van der Waals surface area (Å²) in [4.78, 5) is 4.66. The van der Waals surface area contributed by atoms with E-state index >= 15 is 0 Å². The van der Waals surface area contributed by atoms with Crippen molar-refractivity contribution in [2.24, 2.45) is 10.7 Å². The quantitative estimate of drug-likeness (QED) is 0.603. The van der Waals surface area contributed by atoms with Crippen LogP contribution >= 0.6 is 23.2 Å². The molecule has 1 aromatic heterocycles. The molecule has 0 bridgehead atoms. The van der Waals surface area contributed by atoms with Crippen molar-refractivity contribution in [2.45, 2.75) is 6.36 Å². The Balaban J connectivity index is 2.34. The minimum absolute atomic E-state index is 0.0000883. The Morgan fingerprint density at radius 1 is 1.26 bits per heavy atom. The third kappa shape index (κ3) is 5.10. The van der Waals surface area contributed by atoms with E-state index in [0.717, 1.165) is 23.1 Å². The topological polar surface area (TPSA) is 126 Å². The van der Waals surface area contributed by atoms with Crippen LogP contribution in [0.5, 0.6) is 5.75 Å². The highest BCUT2D eigenvalue weighted by Crippen LogP contribution is 2.34. The molecule has 0 saturated carbocycles. The molecule has 2 N–H and O–H groups in total. The van der Waals surface area contributed by atoms with Crippen LogP contribution in [0.1, 0.15) is 5.69 Å². The fraction of sp³-hybridized carbons (Fsp3) is 0.0714. The molecule has 8 nitrogen and oxygen atoms in total. The highest BCUT2D eigenvalue weighted by molar-refractivity contribution is 6.38. The second-order valence-corrected chi connectivity index (χ2v) is 5.40. The number of alkyl halides is 3. The van der Waals surface area contributed by atoms with Gasteiger partial charge in [0.25, 0.3) is 0 Å². The summed E-state index contributed by atoms with van der Waals surface area (Å²) in [5.74, 6) is -0.606. The van der Waals surface area contributed by atoms with Crippen molar-refractivity contribution >= 4 is 29.4 Å². The summed E-state index contributed by atoms with van der Waals surface area (Å²) >= 11 is 11.9. The van der Waals surface area contributed by atoms with E-state index in [1.807, 2.05) is 0 Å². The van der Waals surface area contributed by atoms with Gasteiger partial charge >= 0.3 is 6.36 Å². The Kier molecular flexibility index (Phi) is 5.90. The van der Waals surface area contributed by atoms with Crippen molar-refractivity contribution in [1.82, 2.24) is 15.0 Å². The smallest absolute Gasteiger partial charge is 0.406 e. The van der Waals surface area contributed by atoms with Gasteiger partial charge in [0.1, 0.15) is 35.0 Å². The number of halogens is 5. The number of allylic oxidation sites excluding steroid dienone is 2. The van der Waals surface area contributed by atoms with E-state index in [-0.39, 0.29) is 32.8 Å². The number of aromatic nitrogens is 3. The van der Waals surface area contributed by atoms with Gasteiger partial charge in [-0.2, -0.15) is 15.6 Å². The number of rotatable bonds is 4. The Labute approximate surface area is 159 Å². The van der Waals surface area contributed by atoms with Crippen molar-refractivity contribution in [2.75, 3.05) is 0 Å². The first-order valence-corrected chi connectivity index (χ1v) is 7.41. The SMILES string of the molecule is N#CC(N)=C(C#N)N=Cc1cnn(-c2c(Cl)cc(OC(F)(F)F)cc2Cl)n1. The maximum absolute atomic E-state index is 12.3. The summed E-state index contributed by atoms with van der Waals surface area (Å²) in [6.07, 6.45) is -2.58. The normalized spacial score (nSPS) is 12.4. The van der Waals surface area contributed by atoms with E-state index < -0.39 is 12.1 Å². The molecule has 13 heteroatoms. The molecule has 2 aromatic rings. The van der Waals surface area contributed by atoms with Crippen molar-refractivity contribution in [3.05, 3.63) is 45.5 Å². The fourth-order valence-corrected chi connectivity index (χ4v) is 2.33. The molecule has 0 unspecified atom stereocenters. The van der Waals surface area contributed by atoms with Crippen molar-refractivity contribution in [1.29, 1.82) is 10.5 Å². The number of nitrogens with two attached hydrogens (primary N) is 1. The standard InChI is InChI=1S/C14H6Cl2F3N7O/c15-9-1-8(27-14(17,18)19)2-10(16)13(9)26-24-6-7(25-26)5-23-12(4-21)11(22)3-20/h1-2,5-6H,22H2. The predicted octanol–water partition coefficient (Wildman–Crippen LogP) is 3.11. The molecule has 1 aromatic carbocycles. The number of hydrogen-bond donors (Lipinski definition) is 1. The molecule has 0 aliphatic rings. The number of benzene rings is 1. The first-order valence-electron chi connectivity index (χ1n) is 6.66. The lowest BCUT2D eigenvalue weighted by molar-refractivity contribution is -0.274. The predicted molar refractivity (Wildman–Crippen MR) is 88.1 cm³/mol. The summed E-state index contributed by atoms with van der Waals surface area (Å²) in [7, 11) is 0. The van der Waals surface area contributed by atoms with Crippen molar-refractivity contribution < 1.29 is 17.9 Å². The van der Waals surface area contributed by atoms with Crippen LogP contribution in [-0.4, -0.2) is 27.6 Å². The molecule has 27 heavy (non-hydrogen) atoms. The number of hydrogen-bond acceptors (Lipinski definition) is 7. The van der Waals surface area contributed by atoms with Crippen molar-refractivity contribution in [3.8, 4) is 23.6 Å². The minimum atomic E-state index is -4.90. The second-order valence-electron chi connectivity index (χ2n) is 4.59. The van der Waals surface area contributed by atoms with Crippen LogP contribution in [0.4, 0.5) is 13.2 Å². The molecule has 0 aliphatic carbocycles. The van der Waals surface area contributed by atoms with E-state index in [4.69, 9.17) is 39.5 Å². The largest absolute Gasteiger partial charge is 0.573 e. The van der Waals surface area contributed by atoms with Gasteiger partial charge in [0.05, 0.1) is 22.5 Å². The van der Waals surface area contributed by atoms with Gasteiger partial charge in [-0.15, -0.1) is 23.1 Å². The molecule has 2 rings (SSSR count). The number of nitriles is 2. The Morgan fingerprint density at radius 3 is 2.41 bits per heavy atom. The molecule has 1 heterocycles. The zero-order valence-corrected chi connectivity index (χ0v) is 14.4. The lowest BCUT2D eigenvalue weighted by Crippen LogP contribution is -2.17. The van der Waals surface area contributed by atoms with Crippen LogP contribution < -0.4 is 10.5 Å². The van der Waals surface area contributed by atoms with E-state index in [1.165, 1.54) is 6.20 Å². The monoisotopic (exact) mass is 415 g/mol. The lowest BCUT2D eigenvalue weighted by Gasteiger charge is -2.11. The van der Waals surface area contributed by atoms with E-state index in [0.29, 0.717) is 0 Å². The number of nitrogens with zero attached hydrogens (tertiary/aromatic N) is 6. The molecule has 0 saturated heterocycles. The Morgan fingerprint density at radius 2 is 1.89 bits per heavy atom. The molecule has 0 aliphatic heterocycles. The second kappa shape index (κ2) is 7.95. The third-order valence-electron chi connectivity index (χ3n) is 2.74. The van der Waals surface area contributed by atoms with Gasteiger partial charge in [-0.3, -0.25) is 0 Å². The van der Waals surface area contributed by atoms with Crippen LogP contribution in [0.15, 0.2) is 34.7 Å². The zero-order chi connectivity index (χ0) is 20.2. The van der Waals surface area contributed by atoms with Crippen LogP contribution in [-0.2, 0) is 0 Å². The summed E-state index contributed by atoms with van der Waals surface area (Å²) in [6.45, 7) is 0. The maximum Gasteiger partial charge on any atom is 0.573 e. The van der Waals surface area contributed by atoms with E-state index in [9.17, 15) is 13.2 Å². The van der Waals surface area contributed by atoms with Crippen LogP contribution in [0, 0.1) is 22.7 Å². The highest BCUT2D eigenvalue weighted by atomic mass is 35.5. The summed E-state index contributed by atoms with van der Waals surface area (Å²) < 4.78 is 40.6. The van der Waals surface area contributed by atoms with Gasteiger partial charge in [0.15, 0.2) is 5.70 Å². The first-order chi connectivity index (χ1) is 12.6. The molecule has 138 valence electrons. The number of aliphatic imine (C=N–C) groups is 1.